The Morgan fingerprint density at radius 1 is 1.08 bits per heavy atom. The molecule has 25 heavy (non-hydrogen) atoms. The Balaban J connectivity index is 1.39. The summed E-state index contributed by atoms with van der Waals surface area (Å²) in [7, 11) is 2.04. The zero-order valence-electron chi connectivity index (χ0n) is 14.6. The summed E-state index contributed by atoms with van der Waals surface area (Å²) in [6, 6.07) is 14.2. The van der Waals surface area contributed by atoms with Gasteiger partial charge in [0.05, 0.1) is 0 Å². The van der Waals surface area contributed by atoms with Gasteiger partial charge >= 0.3 is 6.03 Å². The van der Waals surface area contributed by atoms with Crippen molar-refractivity contribution in [2.45, 2.75) is 0 Å². The molecule has 132 valence electrons. The molecule has 1 aromatic carbocycles. The molecule has 0 atom stereocenters. The van der Waals surface area contributed by atoms with Crippen LogP contribution in [-0.4, -0.2) is 62.2 Å². The second kappa shape index (κ2) is 8.37. The Labute approximate surface area is 149 Å². The number of likely N-dealkylation sites (N-methyl/N-ethyl adjacent to an activating group) is 1. The van der Waals surface area contributed by atoms with E-state index in [1.165, 1.54) is 5.69 Å². The number of benzene rings is 1. The Hall–Kier alpha value is -2.76. The number of pyridine rings is 1. The molecule has 3 rings (SSSR count). The fourth-order valence-corrected chi connectivity index (χ4v) is 2.98. The summed E-state index contributed by atoms with van der Waals surface area (Å²) < 4.78 is 0. The third-order valence-electron chi connectivity index (χ3n) is 4.52. The van der Waals surface area contributed by atoms with Gasteiger partial charge in [0.15, 0.2) is 0 Å². The maximum atomic E-state index is 12.3. The first-order valence-electron chi connectivity index (χ1n) is 8.68. The van der Waals surface area contributed by atoms with Gasteiger partial charge in [0.1, 0.15) is 0 Å². The first-order valence-corrected chi connectivity index (χ1v) is 8.68. The van der Waals surface area contributed by atoms with Crippen molar-refractivity contribution in [1.29, 1.82) is 0 Å². The topological polar surface area (TPSA) is 51.7 Å². The van der Waals surface area contributed by atoms with Crippen LogP contribution in [0.2, 0.25) is 0 Å². The molecule has 6 nitrogen and oxygen atoms in total. The van der Waals surface area contributed by atoms with E-state index in [2.05, 4.69) is 32.2 Å². The van der Waals surface area contributed by atoms with E-state index in [4.69, 9.17) is 0 Å². The number of nitrogens with one attached hydrogen (secondary N) is 1. The van der Waals surface area contributed by atoms with Gasteiger partial charge in [-0.05, 0) is 24.3 Å². The third kappa shape index (κ3) is 4.62. The molecule has 2 aromatic rings. The van der Waals surface area contributed by atoms with Crippen molar-refractivity contribution >= 4 is 17.4 Å². The lowest BCUT2D eigenvalue weighted by Crippen LogP contribution is -2.52. The first-order chi connectivity index (χ1) is 12.2. The maximum Gasteiger partial charge on any atom is 0.317 e. The Morgan fingerprint density at radius 2 is 1.76 bits per heavy atom. The molecule has 1 N–H and O–H groups in total. The van der Waals surface area contributed by atoms with Crippen LogP contribution in [0.1, 0.15) is 0 Å². The number of urea groups is 1. The number of piperazine rings is 1. The molecule has 0 spiro atoms. The quantitative estimate of drug-likeness (QED) is 0.906. The van der Waals surface area contributed by atoms with Crippen LogP contribution in [0, 0.1) is 0 Å². The lowest BCUT2D eigenvalue weighted by Gasteiger charge is -2.36. The molecule has 1 aliphatic rings. The van der Waals surface area contributed by atoms with Crippen LogP contribution in [-0.2, 0) is 0 Å². The number of para-hydroxylation sites is 1. The fraction of sp³-hybridized carbons (Fsp3) is 0.368. The molecule has 0 saturated carbocycles. The van der Waals surface area contributed by atoms with Crippen molar-refractivity contribution in [2.75, 3.05) is 56.1 Å². The van der Waals surface area contributed by atoms with Gasteiger partial charge in [-0.2, -0.15) is 0 Å². The number of rotatable bonds is 5. The standard InChI is InChI=1S/C19H25N5O/c1-22(17-5-3-2-4-6-17)12-11-21-19(25)24-15-13-23(14-16-24)18-7-9-20-10-8-18/h2-10H,11-16H2,1H3,(H,21,25). The minimum Gasteiger partial charge on any atom is -0.373 e. The molecule has 6 heteroatoms. The minimum absolute atomic E-state index is 0.0239. The van der Waals surface area contributed by atoms with Gasteiger partial charge in [-0.3, -0.25) is 4.98 Å². The SMILES string of the molecule is CN(CCNC(=O)N1CCN(c2ccncc2)CC1)c1ccccc1. The van der Waals surface area contributed by atoms with E-state index >= 15 is 0 Å². The number of hydrogen-bond acceptors (Lipinski definition) is 4. The molecular formula is C19H25N5O. The predicted molar refractivity (Wildman–Crippen MR) is 101 cm³/mol. The second-order valence-corrected chi connectivity index (χ2v) is 6.17. The van der Waals surface area contributed by atoms with Crippen molar-refractivity contribution in [1.82, 2.24) is 15.2 Å². The van der Waals surface area contributed by atoms with Crippen molar-refractivity contribution in [3.05, 3.63) is 54.9 Å². The second-order valence-electron chi connectivity index (χ2n) is 6.17. The van der Waals surface area contributed by atoms with Crippen LogP contribution in [0.15, 0.2) is 54.9 Å². The molecular weight excluding hydrogens is 314 g/mol. The molecule has 2 amide bonds. The normalized spacial score (nSPS) is 14.3. The number of nitrogens with zero attached hydrogens (tertiary/aromatic N) is 4. The molecule has 2 heterocycles. The monoisotopic (exact) mass is 339 g/mol. The molecule has 1 aromatic heterocycles. The Kier molecular flexibility index (Phi) is 5.72. The van der Waals surface area contributed by atoms with Gasteiger partial charge in [-0.15, -0.1) is 0 Å². The van der Waals surface area contributed by atoms with Gasteiger partial charge in [0.2, 0.25) is 0 Å². The number of carbonyl (C=O) groups is 1. The van der Waals surface area contributed by atoms with Gasteiger partial charge in [-0.1, -0.05) is 18.2 Å². The summed E-state index contributed by atoms with van der Waals surface area (Å²) >= 11 is 0. The van der Waals surface area contributed by atoms with Crippen LogP contribution in [0.25, 0.3) is 0 Å². The van der Waals surface area contributed by atoms with Crippen molar-refractivity contribution in [3.63, 3.8) is 0 Å². The highest BCUT2D eigenvalue weighted by molar-refractivity contribution is 5.74. The summed E-state index contributed by atoms with van der Waals surface area (Å²) in [5.74, 6) is 0. The molecule has 0 radical (unpaired) electrons. The number of aromatic nitrogens is 1. The molecule has 1 aliphatic heterocycles. The highest BCUT2D eigenvalue weighted by Crippen LogP contribution is 2.14. The first kappa shape index (κ1) is 17.1. The number of carbonyl (C=O) groups excluding carboxylic acids is 1. The van der Waals surface area contributed by atoms with Crippen molar-refractivity contribution < 1.29 is 4.79 Å². The van der Waals surface area contributed by atoms with Gasteiger partial charge < -0.3 is 20.0 Å². The van der Waals surface area contributed by atoms with E-state index in [1.54, 1.807) is 12.4 Å². The maximum absolute atomic E-state index is 12.3. The summed E-state index contributed by atoms with van der Waals surface area (Å²) in [5, 5.41) is 3.02. The van der Waals surface area contributed by atoms with Gasteiger partial charge in [0.25, 0.3) is 0 Å². The predicted octanol–water partition coefficient (Wildman–Crippen LogP) is 2.05. The largest absolute Gasteiger partial charge is 0.373 e. The summed E-state index contributed by atoms with van der Waals surface area (Å²) in [6.07, 6.45) is 3.61. The smallest absolute Gasteiger partial charge is 0.317 e. The number of anilines is 2. The third-order valence-corrected chi connectivity index (χ3v) is 4.52. The fourth-order valence-electron chi connectivity index (χ4n) is 2.98. The summed E-state index contributed by atoms with van der Waals surface area (Å²) in [5.41, 5.74) is 2.32. The van der Waals surface area contributed by atoms with Crippen LogP contribution in [0.5, 0.6) is 0 Å². The molecule has 1 saturated heterocycles. The highest BCUT2D eigenvalue weighted by Gasteiger charge is 2.20. The van der Waals surface area contributed by atoms with Gasteiger partial charge in [-0.25, -0.2) is 4.79 Å². The van der Waals surface area contributed by atoms with E-state index in [1.807, 2.05) is 42.3 Å². The molecule has 0 aliphatic carbocycles. The van der Waals surface area contributed by atoms with Gasteiger partial charge in [0, 0.05) is 70.1 Å². The van der Waals surface area contributed by atoms with Crippen molar-refractivity contribution in [3.8, 4) is 0 Å². The van der Waals surface area contributed by atoms with E-state index < -0.39 is 0 Å². The van der Waals surface area contributed by atoms with Crippen LogP contribution < -0.4 is 15.1 Å². The van der Waals surface area contributed by atoms with E-state index in [-0.39, 0.29) is 6.03 Å². The van der Waals surface area contributed by atoms with E-state index in [0.717, 1.165) is 38.4 Å². The number of hydrogen-bond donors (Lipinski definition) is 1. The van der Waals surface area contributed by atoms with Crippen LogP contribution >= 0.6 is 0 Å². The Morgan fingerprint density at radius 3 is 2.44 bits per heavy atom. The van der Waals surface area contributed by atoms with E-state index in [0.29, 0.717) is 6.54 Å². The van der Waals surface area contributed by atoms with E-state index in [9.17, 15) is 4.79 Å². The Bertz CT molecular complexity index is 656. The lowest BCUT2D eigenvalue weighted by molar-refractivity contribution is 0.194. The van der Waals surface area contributed by atoms with Crippen LogP contribution in [0.3, 0.4) is 0 Å². The molecule has 0 bridgehead atoms. The average molecular weight is 339 g/mol. The molecule has 1 fully saturated rings. The van der Waals surface area contributed by atoms with Crippen molar-refractivity contribution in [2.24, 2.45) is 0 Å². The highest BCUT2D eigenvalue weighted by atomic mass is 16.2. The summed E-state index contributed by atoms with van der Waals surface area (Å²) in [6.45, 7) is 4.59. The lowest BCUT2D eigenvalue weighted by atomic mass is 10.3. The molecule has 0 unspecified atom stereocenters. The minimum atomic E-state index is 0.0239. The number of amides is 2. The summed E-state index contributed by atoms with van der Waals surface area (Å²) in [4.78, 5) is 22.7. The zero-order chi connectivity index (χ0) is 17.5. The van der Waals surface area contributed by atoms with Crippen LogP contribution in [0.4, 0.5) is 16.2 Å². The average Bonchev–Trinajstić information content (AvgIpc) is 2.69. The zero-order valence-corrected chi connectivity index (χ0v) is 14.6.